The molecular weight excluding hydrogens is 608 g/mol. The Morgan fingerprint density at radius 1 is 0.413 bits per heavy atom. The van der Waals surface area contributed by atoms with Crippen LogP contribution in [0.25, 0.3) is 0 Å². The molecule has 1 aliphatic heterocycles. The number of carbonyl (C=O) groups is 2. The van der Waals surface area contributed by atoms with Crippen LogP contribution in [0.4, 0.5) is 0 Å². The van der Waals surface area contributed by atoms with E-state index in [9.17, 15) is 9.59 Å². The lowest BCUT2D eigenvalue weighted by molar-refractivity contribution is 0.00247. The summed E-state index contributed by atoms with van der Waals surface area (Å²) in [5, 5.41) is 0. The molecule has 46 heavy (non-hydrogen) atoms. The molecule has 1 heterocycles. The Morgan fingerprint density at radius 3 is 0.957 bits per heavy atom. The second-order valence-corrected chi connectivity index (χ2v) is 9.37. The van der Waals surface area contributed by atoms with Gasteiger partial charge in [-0.2, -0.15) is 0 Å². The molecule has 0 amide bonds. The van der Waals surface area contributed by atoms with Crippen molar-refractivity contribution < 1.29 is 66.4 Å². The van der Waals surface area contributed by atoms with Crippen molar-refractivity contribution in [1.29, 1.82) is 0 Å². The van der Waals surface area contributed by atoms with Crippen LogP contribution in [-0.4, -0.2) is 132 Å². The number of fused-ring (bicyclic) bond motifs is 2. The molecule has 0 unspecified atom stereocenters. The van der Waals surface area contributed by atoms with Gasteiger partial charge in [0.05, 0.1) is 105 Å². The van der Waals surface area contributed by atoms with E-state index in [1.165, 1.54) is 14.2 Å². The lowest BCUT2D eigenvalue weighted by Gasteiger charge is -2.15. The van der Waals surface area contributed by atoms with Crippen molar-refractivity contribution in [2.45, 2.75) is 0 Å². The molecule has 0 atom stereocenters. The fourth-order valence-electron chi connectivity index (χ4n) is 3.90. The van der Waals surface area contributed by atoms with E-state index in [4.69, 9.17) is 56.8 Å². The maximum atomic E-state index is 12.0. The zero-order valence-electron chi connectivity index (χ0n) is 26.5. The number of benzene rings is 2. The maximum Gasteiger partial charge on any atom is 0.337 e. The molecular formula is C32H44O14. The number of ether oxygens (including phenoxy) is 12. The van der Waals surface area contributed by atoms with Gasteiger partial charge in [-0.05, 0) is 36.4 Å². The van der Waals surface area contributed by atoms with Crippen molar-refractivity contribution in [3.8, 4) is 23.0 Å². The fraction of sp³-hybridized carbons (Fsp3) is 0.562. The number of rotatable bonds is 2. The first-order chi connectivity index (χ1) is 22.6. The van der Waals surface area contributed by atoms with Crippen LogP contribution in [0.2, 0.25) is 0 Å². The van der Waals surface area contributed by atoms with Crippen molar-refractivity contribution in [2.24, 2.45) is 0 Å². The van der Waals surface area contributed by atoms with Gasteiger partial charge in [0.2, 0.25) is 0 Å². The van der Waals surface area contributed by atoms with E-state index in [0.717, 1.165) is 0 Å². The molecule has 2 aromatic rings. The predicted molar refractivity (Wildman–Crippen MR) is 162 cm³/mol. The molecule has 0 N–H and O–H groups in total. The summed E-state index contributed by atoms with van der Waals surface area (Å²) in [6.07, 6.45) is 0. The van der Waals surface area contributed by atoms with E-state index in [1.807, 2.05) is 0 Å². The SMILES string of the molecule is COC(=O)c1ccc2c(c1)OCCOCCOCCOCCOc1ccc(C(=O)OC)cc1OCCOCCOCCOCCO2. The van der Waals surface area contributed by atoms with Gasteiger partial charge in [0.25, 0.3) is 0 Å². The number of methoxy groups -OCH3 is 2. The third-order valence-electron chi connectivity index (χ3n) is 6.16. The molecule has 2 aromatic carbocycles. The predicted octanol–water partition coefficient (Wildman–Crippen LogP) is 2.59. The van der Waals surface area contributed by atoms with Crippen LogP contribution in [-0.2, 0) is 37.9 Å². The Morgan fingerprint density at radius 2 is 0.674 bits per heavy atom. The smallest absolute Gasteiger partial charge is 0.337 e. The number of hydrogen-bond donors (Lipinski definition) is 0. The van der Waals surface area contributed by atoms with Crippen LogP contribution in [0.15, 0.2) is 36.4 Å². The van der Waals surface area contributed by atoms with Crippen LogP contribution < -0.4 is 18.9 Å². The third-order valence-corrected chi connectivity index (χ3v) is 6.16. The lowest BCUT2D eigenvalue weighted by atomic mass is 10.2. The molecule has 0 saturated carbocycles. The molecule has 0 spiro atoms. The highest BCUT2D eigenvalue weighted by Crippen LogP contribution is 2.30. The van der Waals surface area contributed by atoms with Crippen LogP contribution >= 0.6 is 0 Å². The fourth-order valence-corrected chi connectivity index (χ4v) is 3.90. The highest BCUT2D eigenvalue weighted by atomic mass is 16.6. The Labute approximate surface area is 268 Å². The first-order valence-electron chi connectivity index (χ1n) is 15.0. The highest BCUT2D eigenvalue weighted by molar-refractivity contribution is 5.90. The quantitative estimate of drug-likeness (QED) is 0.438. The zero-order valence-corrected chi connectivity index (χ0v) is 26.5. The molecule has 256 valence electrons. The molecule has 0 aromatic heterocycles. The van der Waals surface area contributed by atoms with Crippen LogP contribution in [0, 0.1) is 0 Å². The Kier molecular flexibility index (Phi) is 18.2. The average molecular weight is 653 g/mol. The highest BCUT2D eigenvalue weighted by Gasteiger charge is 2.14. The minimum atomic E-state index is -0.479. The van der Waals surface area contributed by atoms with Crippen molar-refractivity contribution in [1.82, 2.24) is 0 Å². The first-order valence-corrected chi connectivity index (χ1v) is 15.0. The van der Waals surface area contributed by atoms with E-state index in [1.54, 1.807) is 36.4 Å². The molecule has 3 rings (SSSR count). The molecule has 14 heteroatoms. The monoisotopic (exact) mass is 652 g/mol. The largest absolute Gasteiger partial charge is 0.487 e. The van der Waals surface area contributed by atoms with E-state index >= 15 is 0 Å². The molecule has 0 aliphatic carbocycles. The van der Waals surface area contributed by atoms with E-state index in [2.05, 4.69) is 0 Å². The topological polar surface area (TPSA) is 145 Å². The maximum absolute atomic E-state index is 12.0. The van der Waals surface area contributed by atoms with Crippen LogP contribution in [0.3, 0.4) is 0 Å². The van der Waals surface area contributed by atoms with E-state index < -0.39 is 11.9 Å². The van der Waals surface area contributed by atoms with Gasteiger partial charge in [-0.15, -0.1) is 0 Å². The number of hydrogen-bond acceptors (Lipinski definition) is 14. The molecule has 1 aliphatic rings. The van der Waals surface area contributed by atoms with Gasteiger partial charge in [-0.25, -0.2) is 9.59 Å². The van der Waals surface area contributed by atoms with E-state index in [-0.39, 0.29) is 26.4 Å². The lowest BCUT2D eigenvalue weighted by Crippen LogP contribution is -2.16. The Hall–Kier alpha value is -3.66. The van der Waals surface area contributed by atoms with Gasteiger partial charge >= 0.3 is 11.9 Å². The summed E-state index contributed by atoms with van der Waals surface area (Å²) in [6, 6.07) is 9.65. The summed E-state index contributed by atoms with van der Waals surface area (Å²) in [7, 11) is 2.63. The van der Waals surface area contributed by atoms with Gasteiger partial charge in [0.15, 0.2) is 23.0 Å². The zero-order chi connectivity index (χ0) is 32.7. The summed E-state index contributed by atoms with van der Waals surface area (Å²) < 4.78 is 66.3. The molecule has 14 nitrogen and oxygen atoms in total. The average Bonchev–Trinajstić information content (AvgIpc) is 3.08. The molecule has 0 fully saturated rings. The number of carbonyl (C=O) groups excluding carboxylic acids is 2. The van der Waals surface area contributed by atoms with Gasteiger partial charge in [-0.1, -0.05) is 0 Å². The number of esters is 2. The standard InChI is InChI=1S/C32H44O14/c1-35-31(33)25-3-5-27-29(23-25)45-21-17-41-13-9-37-8-12-40-16-20-44-28-6-4-26(32(34)36-2)24-30(28)46-22-18-42-14-10-38-7-11-39-15-19-43-27/h3-6,23-24H,7-22H2,1-2H3. The molecule has 0 saturated heterocycles. The summed E-state index contributed by atoms with van der Waals surface area (Å²) in [5.41, 5.74) is 0.683. The third kappa shape index (κ3) is 14.2. The summed E-state index contributed by atoms with van der Waals surface area (Å²) >= 11 is 0. The second kappa shape index (κ2) is 22.8. The molecule has 0 radical (unpaired) electrons. The second-order valence-electron chi connectivity index (χ2n) is 9.37. The Balaban J connectivity index is 1.48. The van der Waals surface area contributed by atoms with Gasteiger partial charge < -0.3 is 56.8 Å². The van der Waals surface area contributed by atoms with Crippen molar-refractivity contribution >= 4 is 11.9 Å². The Bertz CT molecular complexity index is 1070. The minimum Gasteiger partial charge on any atom is -0.487 e. The van der Waals surface area contributed by atoms with Gasteiger partial charge in [0.1, 0.15) is 26.4 Å². The van der Waals surface area contributed by atoms with Crippen molar-refractivity contribution in [3.63, 3.8) is 0 Å². The minimum absolute atomic E-state index is 0.236. The van der Waals surface area contributed by atoms with E-state index in [0.29, 0.717) is 113 Å². The van der Waals surface area contributed by atoms with Gasteiger partial charge in [-0.3, -0.25) is 0 Å². The first kappa shape index (κ1) is 36.8. The summed E-state index contributed by atoms with van der Waals surface area (Å²) in [4.78, 5) is 24.0. The summed E-state index contributed by atoms with van der Waals surface area (Å²) in [6.45, 7) is 5.30. The van der Waals surface area contributed by atoms with Crippen molar-refractivity contribution in [2.75, 3.05) is 120 Å². The molecule has 0 bridgehead atoms. The van der Waals surface area contributed by atoms with Gasteiger partial charge in [0, 0.05) is 0 Å². The van der Waals surface area contributed by atoms with Crippen LogP contribution in [0.5, 0.6) is 23.0 Å². The van der Waals surface area contributed by atoms with Crippen LogP contribution in [0.1, 0.15) is 20.7 Å². The summed E-state index contributed by atoms with van der Waals surface area (Å²) in [5.74, 6) is 0.766. The normalized spacial score (nSPS) is 17.6. The van der Waals surface area contributed by atoms with Crippen molar-refractivity contribution in [3.05, 3.63) is 47.5 Å².